The van der Waals surface area contributed by atoms with Crippen LogP contribution in [0.25, 0.3) is 0 Å². The Kier molecular flexibility index (Phi) is 5.35. The van der Waals surface area contributed by atoms with Crippen LogP contribution in [0, 0.1) is 0 Å². The minimum Gasteiger partial charge on any atom is -0.396 e. The van der Waals surface area contributed by atoms with E-state index in [0.29, 0.717) is 12.6 Å². The van der Waals surface area contributed by atoms with E-state index in [1.807, 2.05) is 0 Å². The third-order valence-electron chi connectivity index (χ3n) is 2.87. The van der Waals surface area contributed by atoms with Gasteiger partial charge < -0.3 is 10.8 Å². The predicted octanol–water partition coefficient (Wildman–Crippen LogP) is 0.572. The molecule has 1 fully saturated rings. The number of likely N-dealkylation sites (tertiary alicyclic amines) is 1. The summed E-state index contributed by atoms with van der Waals surface area (Å²) >= 11 is 0. The van der Waals surface area contributed by atoms with E-state index in [-0.39, 0.29) is 0 Å². The van der Waals surface area contributed by atoms with Crippen molar-refractivity contribution in [2.45, 2.75) is 38.1 Å². The third-order valence-corrected chi connectivity index (χ3v) is 2.87. The van der Waals surface area contributed by atoms with Crippen LogP contribution in [0.2, 0.25) is 0 Å². The van der Waals surface area contributed by atoms with Crippen LogP contribution >= 0.6 is 0 Å². The summed E-state index contributed by atoms with van der Waals surface area (Å²) in [5.41, 5.74) is 5.67. The summed E-state index contributed by atoms with van der Waals surface area (Å²) in [4.78, 5) is 2.50. The number of aliphatic hydroxyl groups is 1. The van der Waals surface area contributed by atoms with Gasteiger partial charge in [0.1, 0.15) is 0 Å². The Morgan fingerprint density at radius 3 is 2.85 bits per heavy atom. The normalized spacial score (nSPS) is 24.0. The molecule has 0 bridgehead atoms. The van der Waals surface area contributed by atoms with Crippen molar-refractivity contribution in [1.29, 1.82) is 0 Å². The summed E-state index contributed by atoms with van der Waals surface area (Å²) in [7, 11) is 0. The Balaban J connectivity index is 2.06. The highest BCUT2D eigenvalue weighted by molar-refractivity contribution is 4.79. The first-order valence-electron chi connectivity index (χ1n) is 5.43. The number of aliphatic hydroxyl groups excluding tert-OH is 1. The lowest BCUT2D eigenvalue weighted by atomic mass is 10.2. The van der Waals surface area contributed by atoms with Crippen LogP contribution in [-0.4, -0.2) is 42.3 Å². The van der Waals surface area contributed by atoms with E-state index in [0.717, 1.165) is 19.4 Å². The smallest absolute Gasteiger partial charge is 0.0431 e. The molecular weight excluding hydrogens is 164 g/mol. The van der Waals surface area contributed by atoms with E-state index < -0.39 is 0 Å². The average molecular weight is 186 g/mol. The van der Waals surface area contributed by atoms with E-state index in [1.54, 1.807) is 0 Å². The van der Waals surface area contributed by atoms with Gasteiger partial charge in [-0.15, -0.1) is 0 Å². The molecule has 0 aromatic rings. The van der Waals surface area contributed by atoms with Crippen molar-refractivity contribution in [3.05, 3.63) is 0 Å². The number of rotatable bonds is 6. The van der Waals surface area contributed by atoms with Crippen LogP contribution in [0.1, 0.15) is 32.1 Å². The maximum atomic E-state index is 8.62. The first-order chi connectivity index (χ1) is 6.38. The minimum atomic E-state index is 0.334. The zero-order chi connectivity index (χ0) is 9.52. The van der Waals surface area contributed by atoms with E-state index >= 15 is 0 Å². The fourth-order valence-electron chi connectivity index (χ4n) is 2.06. The second-order valence-corrected chi connectivity index (χ2v) is 3.85. The van der Waals surface area contributed by atoms with Crippen LogP contribution in [0.15, 0.2) is 0 Å². The van der Waals surface area contributed by atoms with Crippen molar-refractivity contribution in [2.75, 3.05) is 26.2 Å². The maximum absolute atomic E-state index is 8.62. The molecule has 0 aliphatic carbocycles. The zero-order valence-corrected chi connectivity index (χ0v) is 8.41. The van der Waals surface area contributed by atoms with E-state index in [1.165, 1.54) is 32.4 Å². The summed E-state index contributed by atoms with van der Waals surface area (Å²) in [5, 5.41) is 8.62. The van der Waals surface area contributed by atoms with Crippen molar-refractivity contribution in [2.24, 2.45) is 5.73 Å². The molecule has 1 saturated heterocycles. The van der Waals surface area contributed by atoms with Gasteiger partial charge in [-0.05, 0) is 45.2 Å². The van der Waals surface area contributed by atoms with Crippen LogP contribution in [0.3, 0.4) is 0 Å². The molecule has 1 rings (SSSR count). The molecule has 0 radical (unpaired) electrons. The predicted molar refractivity (Wildman–Crippen MR) is 54.6 cm³/mol. The molecule has 1 aliphatic heterocycles. The standard InChI is InChI=1S/C10H22N2O/c11-9-10-5-4-7-12(10)6-2-1-3-8-13/h10,13H,1-9,11H2. The maximum Gasteiger partial charge on any atom is 0.0431 e. The Hall–Kier alpha value is -0.120. The third kappa shape index (κ3) is 3.63. The lowest BCUT2D eigenvalue weighted by Gasteiger charge is -2.22. The zero-order valence-electron chi connectivity index (χ0n) is 8.41. The molecule has 0 aromatic heterocycles. The van der Waals surface area contributed by atoms with Crippen molar-refractivity contribution in [3.8, 4) is 0 Å². The molecule has 3 nitrogen and oxygen atoms in total. The highest BCUT2D eigenvalue weighted by Gasteiger charge is 2.21. The summed E-state index contributed by atoms with van der Waals surface area (Å²) in [6.07, 6.45) is 5.88. The van der Waals surface area contributed by atoms with E-state index in [4.69, 9.17) is 10.8 Å². The molecule has 78 valence electrons. The van der Waals surface area contributed by atoms with Gasteiger partial charge in [-0.3, -0.25) is 4.90 Å². The Morgan fingerprint density at radius 2 is 2.15 bits per heavy atom. The highest BCUT2D eigenvalue weighted by Crippen LogP contribution is 2.16. The molecule has 3 heteroatoms. The van der Waals surface area contributed by atoms with Gasteiger partial charge in [-0.1, -0.05) is 0 Å². The summed E-state index contributed by atoms with van der Waals surface area (Å²) in [6, 6.07) is 0.633. The minimum absolute atomic E-state index is 0.334. The molecule has 0 spiro atoms. The van der Waals surface area contributed by atoms with Gasteiger partial charge in [0.15, 0.2) is 0 Å². The van der Waals surface area contributed by atoms with Crippen molar-refractivity contribution < 1.29 is 5.11 Å². The molecule has 1 unspecified atom stereocenters. The first-order valence-corrected chi connectivity index (χ1v) is 5.43. The molecule has 1 aliphatic rings. The van der Waals surface area contributed by atoms with Crippen molar-refractivity contribution in [1.82, 2.24) is 4.90 Å². The van der Waals surface area contributed by atoms with Gasteiger partial charge in [-0.2, -0.15) is 0 Å². The van der Waals surface area contributed by atoms with Gasteiger partial charge >= 0.3 is 0 Å². The molecule has 1 heterocycles. The highest BCUT2D eigenvalue weighted by atomic mass is 16.2. The van der Waals surface area contributed by atoms with Gasteiger partial charge in [0, 0.05) is 19.2 Å². The number of nitrogens with zero attached hydrogens (tertiary/aromatic N) is 1. The summed E-state index contributed by atoms with van der Waals surface area (Å²) < 4.78 is 0. The number of nitrogens with two attached hydrogens (primary N) is 1. The number of unbranched alkanes of at least 4 members (excludes halogenated alkanes) is 2. The van der Waals surface area contributed by atoms with Gasteiger partial charge in [0.25, 0.3) is 0 Å². The van der Waals surface area contributed by atoms with Crippen LogP contribution < -0.4 is 5.73 Å². The molecule has 0 aromatic carbocycles. The quantitative estimate of drug-likeness (QED) is 0.596. The van der Waals surface area contributed by atoms with Gasteiger partial charge in [0.05, 0.1) is 0 Å². The molecular formula is C10H22N2O. The molecule has 0 amide bonds. The van der Waals surface area contributed by atoms with Gasteiger partial charge in [-0.25, -0.2) is 0 Å². The summed E-state index contributed by atoms with van der Waals surface area (Å²) in [5.74, 6) is 0. The van der Waals surface area contributed by atoms with Crippen LogP contribution in [0.5, 0.6) is 0 Å². The van der Waals surface area contributed by atoms with Crippen LogP contribution in [0.4, 0.5) is 0 Å². The fraction of sp³-hybridized carbons (Fsp3) is 1.00. The first kappa shape index (κ1) is 11.0. The Labute approximate surface area is 80.9 Å². The average Bonchev–Trinajstić information content (AvgIpc) is 2.60. The molecule has 1 atom stereocenters. The Morgan fingerprint density at radius 1 is 1.31 bits per heavy atom. The molecule has 0 saturated carbocycles. The second kappa shape index (κ2) is 6.35. The number of hydrogen-bond acceptors (Lipinski definition) is 3. The van der Waals surface area contributed by atoms with E-state index in [9.17, 15) is 0 Å². The molecule has 3 N–H and O–H groups in total. The van der Waals surface area contributed by atoms with E-state index in [2.05, 4.69) is 4.90 Å². The fourth-order valence-corrected chi connectivity index (χ4v) is 2.06. The second-order valence-electron chi connectivity index (χ2n) is 3.85. The lowest BCUT2D eigenvalue weighted by Crippen LogP contribution is -2.35. The lowest BCUT2D eigenvalue weighted by molar-refractivity contribution is 0.242. The SMILES string of the molecule is NCC1CCCN1CCCCCO. The van der Waals surface area contributed by atoms with Gasteiger partial charge in [0.2, 0.25) is 0 Å². The molecule has 13 heavy (non-hydrogen) atoms. The Bertz CT molecular complexity index is 130. The number of hydrogen-bond donors (Lipinski definition) is 2. The van der Waals surface area contributed by atoms with Crippen molar-refractivity contribution >= 4 is 0 Å². The van der Waals surface area contributed by atoms with Crippen molar-refractivity contribution in [3.63, 3.8) is 0 Å². The van der Waals surface area contributed by atoms with Crippen LogP contribution in [-0.2, 0) is 0 Å². The summed E-state index contributed by atoms with van der Waals surface area (Å²) in [6.45, 7) is 3.53. The monoisotopic (exact) mass is 186 g/mol. The largest absolute Gasteiger partial charge is 0.396 e. The topological polar surface area (TPSA) is 49.5 Å².